The predicted molar refractivity (Wildman–Crippen MR) is 106 cm³/mol. The maximum atomic E-state index is 5.99. The van der Waals surface area contributed by atoms with Gasteiger partial charge in [-0.15, -0.1) is 0 Å². The number of halogens is 1. The molecule has 0 nitrogen and oxygen atoms in total. The van der Waals surface area contributed by atoms with Crippen molar-refractivity contribution in [2.75, 3.05) is 0 Å². The van der Waals surface area contributed by atoms with E-state index in [4.69, 9.17) is 11.6 Å². The maximum absolute atomic E-state index is 5.99. The second-order valence-corrected chi connectivity index (χ2v) is 9.00. The Balaban J connectivity index is 1.99. The van der Waals surface area contributed by atoms with E-state index in [1.54, 1.807) is 0 Å². The van der Waals surface area contributed by atoms with Crippen molar-refractivity contribution in [1.82, 2.24) is 0 Å². The summed E-state index contributed by atoms with van der Waals surface area (Å²) in [5, 5.41) is 0.802. The van der Waals surface area contributed by atoms with E-state index in [1.807, 2.05) is 23.9 Å². The molecule has 2 rings (SSSR count). The van der Waals surface area contributed by atoms with Gasteiger partial charge in [0.25, 0.3) is 0 Å². The molecule has 0 fully saturated rings. The fraction of sp³-hybridized carbons (Fsp3) is 0.300. The van der Waals surface area contributed by atoms with E-state index in [0.29, 0.717) is 15.0 Å². The van der Waals surface area contributed by atoms with Crippen LogP contribution in [0, 0.1) is 0 Å². The molecule has 0 N–H and O–H groups in total. The standard InChI is InChI=1S/C20H23ClSSe/c1-2-3-4-6-9-19(16-23-20-10-7-5-8-11-20)22-18-14-12-17(21)13-15-18/h5,7-8,10-16H,2-4,6,9H2,1H3/b19-16-. The molecule has 0 amide bonds. The van der Waals surface area contributed by atoms with Crippen LogP contribution in [0.25, 0.3) is 0 Å². The van der Waals surface area contributed by atoms with Gasteiger partial charge in [0.15, 0.2) is 0 Å². The molecule has 23 heavy (non-hydrogen) atoms. The first-order valence-corrected chi connectivity index (χ1v) is 11.2. The molecular weight excluding hydrogens is 387 g/mol. The fourth-order valence-electron chi connectivity index (χ4n) is 2.15. The zero-order valence-electron chi connectivity index (χ0n) is 13.5. The van der Waals surface area contributed by atoms with Crippen LogP contribution in [-0.2, 0) is 0 Å². The molecule has 0 atom stereocenters. The number of benzene rings is 2. The molecule has 0 radical (unpaired) electrons. The second kappa shape index (κ2) is 11.0. The third kappa shape index (κ3) is 7.63. The third-order valence-corrected chi connectivity index (χ3v) is 7.08. The van der Waals surface area contributed by atoms with Crippen molar-refractivity contribution in [3.05, 3.63) is 69.5 Å². The molecule has 0 unspecified atom stereocenters. The number of hydrogen-bond donors (Lipinski definition) is 0. The summed E-state index contributed by atoms with van der Waals surface area (Å²) in [5.74, 6) is 0. The molecule has 0 heterocycles. The number of rotatable bonds is 9. The first-order chi connectivity index (χ1) is 11.3. The van der Waals surface area contributed by atoms with E-state index in [0.717, 1.165) is 5.02 Å². The van der Waals surface area contributed by atoms with Crippen LogP contribution in [0.3, 0.4) is 0 Å². The van der Waals surface area contributed by atoms with E-state index in [9.17, 15) is 0 Å². The summed E-state index contributed by atoms with van der Waals surface area (Å²) >= 11 is 8.28. The average Bonchev–Trinajstić information content (AvgIpc) is 2.59. The summed E-state index contributed by atoms with van der Waals surface area (Å²) in [4.78, 5) is 5.22. The Morgan fingerprint density at radius 3 is 2.43 bits per heavy atom. The number of hydrogen-bond acceptors (Lipinski definition) is 1. The van der Waals surface area contributed by atoms with Crippen molar-refractivity contribution < 1.29 is 0 Å². The molecular formula is C20H23ClSSe. The van der Waals surface area contributed by atoms with Crippen molar-refractivity contribution in [1.29, 1.82) is 0 Å². The Morgan fingerprint density at radius 1 is 1.00 bits per heavy atom. The van der Waals surface area contributed by atoms with E-state index >= 15 is 0 Å². The van der Waals surface area contributed by atoms with Gasteiger partial charge in [-0.1, -0.05) is 0 Å². The van der Waals surface area contributed by atoms with Gasteiger partial charge in [-0.2, -0.15) is 0 Å². The van der Waals surface area contributed by atoms with Crippen molar-refractivity contribution in [3.8, 4) is 0 Å². The molecule has 0 aliphatic rings. The van der Waals surface area contributed by atoms with Crippen LogP contribution >= 0.6 is 23.4 Å². The van der Waals surface area contributed by atoms with Gasteiger partial charge in [0.05, 0.1) is 0 Å². The topological polar surface area (TPSA) is 0 Å². The van der Waals surface area contributed by atoms with Gasteiger partial charge < -0.3 is 0 Å². The Morgan fingerprint density at radius 2 is 1.74 bits per heavy atom. The van der Waals surface area contributed by atoms with E-state index in [2.05, 4.69) is 54.4 Å². The van der Waals surface area contributed by atoms with E-state index < -0.39 is 0 Å². The van der Waals surface area contributed by atoms with Crippen LogP contribution in [0.15, 0.2) is 69.4 Å². The predicted octanol–water partition coefficient (Wildman–Crippen LogP) is 6.27. The van der Waals surface area contributed by atoms with Gasteiger partial charge in [0.1, 0.15) is 0 Å². The van der Waals surface area contributed by atoms with Crippen LogP contribution in [0.4, 0.5) is 0 Å². The zero-order valence-corrected chi connectivity index (χ0v) is 16.8. The van der Waals surface area contributed by atoms with Crippen LogP contribution < -0.4 is 4.46 Å². The van der Waals surface area contributed by atoms with Gasteiger partial charge in [0, 0.05) is 0 Å². The Labute approximate surface area is 155 Å². The molecule has 0 spiro atoms. The number of unbranched alkanes of at least 4 members (excludes halogenated alkanes) is 3. The molecule has 0 aliphatic heterocycles. The SMILES string of the molecule is CCCCCC/C(=C/[Se]c1ccccc1)Sc1ccc(Cl)cc1. The normalized spacial score (nSPS) is 11.7. The molecule has 2 aromatic carbocycles. The fourth-order valence-corrected chi connectivity index (χ4v) is 5.16. The van der Waals surface area contributed by atoms with E-state index in [-0.39, 0.29) is 0 Å². The summed E-state index contributed by atoms with van der Waals surface area (Å²) in [5.41, 5.74) is 0. The van der Waals surface area contributed by atoms with Gasteiger partial charge in [-0.25, -0.2) is 0 Å². The summed E-state index contributed by atoms with van der Waals surface area (Å²) < 4.78 is 1.43. The Kier molecular flexibility index (Phi) is 8.93. The molecule has 0 aliphatic carbocycles. The van der Waals surface area contributed by atoms with Crippen LogP contribution in [0.2, 0.25) is 5.02 Å². The summed E-state index contributed by atoms with van der Waals surface area (Å²) in [6, 6.07) is 18.9. The van der Waals surface area contributed by atoms with E-state index in [1.165, 1.54) is 46.4 Å². The molecule has 0 saturated heterocycles. The molecule has 122 valence electrons. The molecule has 2 aromatic rings. The quantitative estimate of drug-likeness (QED) is 0.267. The van der Waals surface area contributed by atoms with Gasteiger partial charge in [-0.05, 0) is 0 Å². The molecule has 0 saturated carbocycles. The minimum atomic E-state index is 0.404. The Bertz CT molecular complexity index is 593. The van der Waals surface area contributed by atoms with Gasteiger partial charge in [0.2, 0.25) is 0 Å². The molecule has 3 heteroatoms. The van der Waals surface area contributed by atoms with Crippen LogP contribution in [0.5, 0.6) is 0 Å². The summed E-state index contributed by atoms with van der Waals surface area (Å²) in [6.07, 6.45) is 6.42. The minimum absolute atomic E-state index is 0.404. The molecule has 0 bridgehead atoms. The first kappa shape index (κ1) is 18.7. The van der Waals surface area contributed by atoms with Crippen LogP contribution in [0.1, 0.15) is 39.0 Å². The average molecular weight is 410 g/mol. The van der Waals surface area contributed by atoms with Crippen LogP contribution in [-0.4, -0.2) is 15.0 Å². The third-order valence-electron chi connectivity index (χ3n) is 3.41. The monoisotopic (exact) mass is 410 g/mol. The number of thioether (sulfide) groups is 1. The molecule has 0 aromatic heterocycles. The van der Waals surface area contributed by atoms with Crippen molar-refractivity contribution in [3.63, 3.8) is 0 Å². The Hall–Kier alpha value is -0.661. The summed E-state index contributed by atoms with van der Waals surface area (Å²) in [7, 11) is 0. The second-order valence-electron chi connectivity index (χ2n) is 5.38. The van der Waals surface area contributed by atoms with Crippen molar-refractivity contribution in [2.24, 2.45) is 0 Å². The first-order valence-electron chi connectivity index (χ1n) is 8.12. The van der Waals surface area contributed by atoms with Crippen molar-refractivity contribution >= 4 is 42.8 Å². The zero-order chi connectivity index (χ0) is 16.3. The summed E-state index contributed by atoms with van der Waals surface area (Å²) in [6.45, 7) is 2.26. The van der Waals surface area contributed by atoms with Crippen molar-refractivity contribution in [2.45, 2.75) is 43.9 Å². The number of allylic oxidation sites excluding steroid dienone is 1. The van der Waals surface area contributed by atoms with Gasteiger partial charge >= 0.3 is 156 Å². The van der Waals surface area contributed by atoms with Gasteiger partial charge in [-0.3, -0.25) is 0 Å².